The summed E-state index contributed by atoms with van der Waals surface area (Å²) in [6.07, 6.45) is 5.59. The molecule has 1 saturated heterocycles. The lowest BCUT2D eigenvalue weighted by atomic mass is 9.95. The van der Waals surface area contributed by atoms with Crippen molar-refractivity contribution in [3.63, 3.8) is 0 Å². The van der Waals surface area contributed by atoms with Crippen LogP contribution in [0.25, 0.3) is 5.76 Å². The van der Waals surface area contributed by atoms with Crippen molar-refractivity contribution in [1.82, 2.24) is 14.5 Å². The number of Topliss-reactive ketones (excluding diaryl/α,β-unsaturated/α-hetero) is 1. The van der Waals surface area contributed by atoms with Gasteiger partial charge in [0, 0.05) is 43.2 Å². The van der Waals surface area contributed by atoms with Gasteiger partial charge in [-0.05, 0) is 31.0 Å². The molecule has 0 spiro atoms. The largest absolute Gasteiger partial charge is 0.507 e. The quantitative estimate of drug-likeness (QED) is 0.164. The minimum absolute atomic E-state index is 0.119. The van der Waals surface area contributed by atoms with Gasteiger partial charge in [-0.1, -0.05) is 24.3 Å². The summed E-state index contributed by atoms with van der Waals surface area (Å²) >= 11 is 0. The van der Waals surface area contributed by atoms with Gasteiger partial charge in [0.1, 0.15) is 11.5 Å². The molecule has 10 nitrogen and oxygen atoms in total. The SMILES string of the molecule is CCOc1cccc(/C(O)=C2\C(=O)C(=O)N(CCCn3ccnc3)C2c2cccc([N+](=O)[O-])c2)c1. The van der Waals surface area contributed by atoms with Gasteiger partial charge < -0.3 is 19.3 Å². The number of imidazole rings is 1. The standard InChI is InChI=1S/C25H24N4O6/c1-2-35-20-9-4-7-18(15-20)23(30)21-22(17-6-3-8-19(14-17)29(33)34)28(25(32)24(21)31)12-5-11-27-13-10-26-16-27/h3-4,6-10,13-16,22,30H,2,5,11-12H2,1H3/b23-21+. The molecule has 1 atom stereocenters. The van der Waals surface area contributed by atoms with Crippen LogP contribution in [0.4, 0.5) is 5.69 Å². The number of ketones is 1. The predicted octanol–water partition coefficient (Wildman–Crippen LogP) is 3.70. The fourth-order valence-corrected chi connectivity index (χ4v) is 4.16. The second kappa shape index (κ2) is 10.2. The number of ether oxygens (including phenoxy) is 1. The Balaban J connectivity index is 1.77. The predicted molar refractivity (Wildman–Crippen MR) is 127 cm³/mol. The number of nitro benzene ring substituents is 1. The number of non-ortho nitro benzene ring substituents is 1. The van der Waals surface area contributed by atoms with Gasteiger partial charge in [0.15, 0.2) is 0 Å². The molecule has 1 aliphatic heterocycles. The van der Waals surface area contributed by atoms with Gasteiger partial charge in [-0.3, -0.25) is 19.7 Å². The molecule has 0 bridgehead atoms. The lowest BCUT2D eigenvalue weighted by Crippen LogP contribution is -2.31. The molecule has 2 aromatic carbocycles. The summed E-state index contributed by atoms with van der Waals surface area (Å²) < 4.78 is 7.34. The number of carbonyl (C=O) groups is 2. The maximum Gasteiger partial charge on any atom is 0.295 e. The smallest absolute Gasteiger partial charge is 0.295 e. The van der Waals surface area contributed by atoms with Crippen LogP contribution in [0.1, 0.15) is 30.5 Å². The number of rotatable bonds is 9. The first-order chi connectivity index (χ1) is 16.9. The molecule has 1 aromatic heterocycles. The van der Waals surface area contributed by atoms with Crippen molar-refractivity contribution in [3.8, 4) is 5.75 Å². The maximum atomic E-state index is 13.1. The van der Waals surface area contributed by atoms with Crippen molar-refractivity contribution in [2.75, 3.05) is 13.2 Å². The fraction of sp³-hybridized carbons (Fsp3) is 0.240. The van der Waals surface area contributed by atoms with E-state index in [9.17, 15) is 24.8 Å². The Morgan fingerprint density at radius 2 is 1.97 bits per heavy atom. The average molecular weight is 476 g/mol. The molecular weight excluding hydrogens is 452 g/mol. The third kappa shape index (κ3) is 4.91. The third-order valence-electron chi connectivity index (χ3n) is 5.73. The van der Waals surface area contributed by atoms with Gasteiger partial charge in [0.2, 0.25) is 0 Å². The zero-order chi connectivity index (χ0) is 24.9. The third-order valence-corrected chi connectivity index (χ3v) is 5.73. The van der Waals surface area contributed by atoms with E-state index in [4.69, 9.17) is 4.74 Å². The highest BCUT2D eigenvalue weighted by atomic mass is 16.6. The van der Waals surface area contributed by atoms with Gasteiger partial charge in [0.25, 0.3) is 17.4 Å². The molecule has 1 unspecified atom stereocenters. The maximum absolute atomic E-state index is 13.1. The Kier molecular flexibility index (Phi) is 6.91. The van der Waals surface area contributed by atoms with Gasteiger partial charge in [-0.2, -0.15) is 0 Å². The van der Waals surface area contributed by atoms with Gasteiger partial charge in [0.05, 0.1) is 29.5 Å². The highest BCUT2D eigenvalue weighted by Gasteiger charge is 2.46. The zero-order valence-corrected chi connectivity index (χ0v) is 19.0. The molecule has 1 amide bonds. The normalized spacial score (nSPS) is 17.1. The molecule has 0 radical (unpaired) electrons. The second-order valence-electron chi connectivity index (χ2n) is 7.96. The second-order valence-corrected chi connectivity index (χ2v) is 7.96. The number of aliphatic hydroxyl groups excluding tert-OH is 1. The number of carbonyl (C=O) groups excluding carboxylic acids is 2. The highest BCUT2D eigenvalue weighted by Crippen LogP contribution is 2.40. The van der Waals surface area contributed by atoms with E-state index >= 15 is 0 Å². The Hall–Kier alpha value is -4.47. The van der Waals surface area contributed by atoms with Crippen LogP contribution in [0.3, 0.4) is 0 Å². The number of benzene rings is 2. The number of aliphatic hydroxyl groups is 1. The van der Waals surface area contributed by atoms with Crippen LogP contribution in [0, 0.1) is 10.1 Å². The summed E-state index contributed by atoms with van der Waals surface area (Å²) in [7, 11) is 0. The van der Waals surface area contributed by atoms with Gasteiger partial charge >= 0.3 is 0 Å². The molecule has 1 N–H and O–H groups in total. The molecule has 4 rings (SSSR count). The summed E-state index contributed by atoms with van der Waals surface area (Å²) in [5.41, 5.74) is 0.378. The van der Waals surface area contributed by atoms with Crippen LogP contribution < -0.4 is 4.74 Å². The Morgan fingerprint density at radius 1 is 1.17 bits per heavy atom. The van der Waals surface area contributed by atoms with Crippen LogP contribution in [0.15, 0.2) is 72.8 Å². The molecule has 0 saturated carbocycles. The first-order valence-electron chi connectivity index (χ1n) is 11.1. The molecule has 1 fully saturated rings. The van der Waals surface area contributed by atoms with E-state index < -0.39 is 22.7 Å². The van der Waals surface area contributed by atoms with Crippen molar-refractivity contribution >= 4 is 23.1 Å². The molecule has 2 heterocycles. The number of amides is 1. The van der Waals surface area contributed by atoms with Crippen LogP contribution in [-0.2, 0) is 16.1 Å². The number of hydrogen-bond acceptors (Lipinski definition) is 7. The molecular formula is C25H24N4O6. The monoisotopic (exact) mass is 476 g/mol. The van der Waals surface area contributed by atoms with E-state index in [1.807, 2.05) is 11.5 Å². The minimum atomic E-state index is -0.978. The van der Waals surface area contributed by atoms with E-state index in [-0.39, 0.29) is 23.6 Å². The van der Waals surface area contributed by atoms with Crippen LogP contribution in [-0.4, -0.2) is 49.3 Å². The number of likely N-dealkylation sites (tertiary alicyclic amines) is 1. The molecule has 10 heteroatoms. The minimum Gasteiger partial charge on any atom is -0.507 e. The number of hydrogen-bond donors (Lipinski definition) is 1. The molecule has 1 aliphatic rings. The van der Waals surface area contributed by atoms with Gasteiger partial charge in [-0.15, -0.1) is 0 Å². The molecule has 3 aromatic rings. The number of nitro groups is 1. The first kappa shape index (κ1) is 23.7. The molecule has 0 aliphatic carbocycles. The van der Waals surface area contributed by atoms with E-state index in [1.54, 1.807) is 49.1 Å². The summed E-state index contributed by atoms with van der Waals surface area (Å²) in [6, 6.07) is 11.4. The Labute approximate surface area is 201 Å². The summed E-state index contributed by atoms with van der Waals surface area (Å²) in [5.74, 6) is -1.48. The average Bonchev–Trinajstić information content (AvgIpc) is 3.46. The fourth-order valence-electron chi connectivity index (χ4n) is 4.16. The van der Waals surface area contributed by atoms with Crippen molar-refractivity contribution in [2.24, 2.45) is 0 Å². The van der Waals surface area contributed by atoms with Crippen LogP contribution in [0.5, 0.6) is 5.75 Å². The lowest BCUT2D eigenvalue weighted by molar-refractivity contribution is -0.384. The number of aryl methyl sites for hydroxylation is 1. The lowest BCUT2D eigenvalue weighted by Gasteiger charge is -2.25. The number of nitrogens with zero attached hydrogens (tertiary/aromatic N) is 4. The summed E-state index contributed by atoms with van der Waals surface area (Å²) in [6.45, 7) is 3.00. The van der Waals surface area contributed by atoms with E-state index in [0.29, 0.717) is 36.4 Å². The summed E-state index contributed by atoms with van der Waals surface area (Å²) in [4.78, 5) is 42.4. The zero-order valence-electron chi connectivity index (χ0n) is 19.0. The van der Waals surface area contributed by atoms with E-state index in [1.165, 1.54) is 23.1 Å². The first-order valence-corrected chi connectivity index (χ1v) is 11.1. The van der Waals surface area contributed by atoms with Crippen molar-refractivity contribution in [1.29, 1.82) is 0 Å². The summed E-state index contributed by atoms with van der Waals surface area (Å²) in [5, 5.41) is 22.6. The van der Waals surface area contributed by atoms with Crippen molar-refractivity contribution in [2.45, 2.75) is 25.9 Å². The van der Waals surface area contributed by atoms with Crippen LogP contribution >= 0.6 is 0 Å². The van der Waals surface area contributed by atoms with E-state index in [2.05, 4.69) is 4.98 Å². The van der Waals surface area contributed by atoms with Crippen molar-refractivity contribution in [3.05, 3.63) is 94.1 Å². The Morgan fingerprint density at radius 3 is 2.69 bits per heavy atom. The highest BCUT2D eigenvalue weighted by molar-refractivity contribution is 6.46. The van der Waals surface area contributed by atoms with Gasteiger partial charge in [-0.25, -0.2) is 4.98 Å². The molecule has 180 valence electrons. The Bertz CT molecular complexity index is 1280. The molecule has 35 heavy (non-hydrogen) atoms. The van der Waals surface area contributed by atoms with Crippen molar-refractivity contribution < 1.29 is 24.4 Å². The van der Waals surface area contributed by atoms with Crippen LogP contribution in [0.2, 0.25) is 0 Å². The van der Waals surface area contributed by atoms with E-state index in [0.717, 1.165) is 0 Å². The number of aromatic nitrogens is 2. The topological polar surface area (TPSA) is 128 Å².